The van der Waals surface area contributed by atoms with Crippen LogP contribution in [0.25, 0.3) is 0 Å². The van der Waals surface area contributed by atoms with Gasteiger partial charge in [-0.1, -0.05) is 0 Å². The van der Waals surface area contributed by atoms with Crippen molar-refractivity contribution in [2.75, 3.05) is 6.54 Å². The van der Waals surface area contributed by atoms with Crippen LogP contribution in [0.1, 0.15) is 0 Å². The van der Waals surface area contributed by atoms with Crippen LogP contribution in [0.4, 0.5) is 4.79 Å². The van der Waals surface area contributed by atoms with E-state index in [9.17, 15) is 4.79 Å². The number of carboxylic acid groups (broad SMARTS) is 1. The molecule has 0 aliphatic carbocycles. The van der Waals surface area contributed by atoms with E-state index in [1.54, 1.807) is 6.20 Å². The van der Waals surface area contributed by atoms with Gasteiger partial charge in [-0.05, 0) is 0 Å². The molecule has 10 heavy (non-hydrogen) atoms. The lowest BCUT2D eigenvalue weighted by Crippen LogP contribution is -2.30. The second-order valence-corrected chi connectivity index (χ2v) is 2.48. The molecule has 2 N–H and O–H groups in total. The van der Waals surface area contributed by atoms with Crippen molar-refractivity contribution in [2.24, 2.45) is 0 Å². The summed E-state index contributed by atoms with van der Waals surface area (Å²) in [5.41, 5.74) is 0. The van der Waals surface area contributed by atoms with Gasteiger partial charge in [0, 0.05) is 12.3 Å². The molecule has 0 saturated carbocycles. The molecule has 4 nitrogen and oxygen atoms in total. The van der Waals surface area contributed by atoms with Crippen LogP contribution in [0, 0.1) is 0 Å². The van der Waals surface area contributed by atoms with Gasteiger partial charge in [-0.25, -0.2) is 4.79 Å². The predicted molar refractivity (Wildman–Crippen MR) is 33.7 cm³/mol. The fourth-order valence-corrected chi connectivity index (χ4v) is 1.10. The van der Waals surface area contributed by atoms with E-state index >= 15 is 0 Å². The minimum absolute atomic E-state index is 0.251. The van der Waals surface area contributed by atoms with E-state index in [1.807, 2.05) is 6.08 Å². The van der Waals surface area contributed by atoms with Crippen LogP contribution >= 0.6 is 0 Å². The van der Waals surface area contributed by atoms with Crippen LogP contribution < -0.4 is 0 Å². The van der Waals surface area contributed by atoms with Crippen molar-refractivity contribution in [3.63, 3.8) is 0 Å². The molecule has 0 aromatic heterocycles. The van der Waals surface area contributed by atoms with E-state index in [2.05, 4.69) is 4.74 Å². The fourth-order valence-electron chi connectivity index (χ4n) is 1.10. The third kappa shape index (κ3) is 0.769. The molecule has 2 rings (SSSR count). The Hall–Kier alpha value is -1.03. The first-order valence-corrected chi connectivity index (χ1v) is 3.15. The molecule has 2 unspecified atom stereocenters. The average molecular weight is 142 g/mol. The first-order chi connectivity index (χ1) is 4.77. The van der Waals surface area contributed by atoms with Crippen molar-refractivity contribution in [1.29, 1.82) is 0 Å². The zero-order valence-corrected chi connectivity index (χ0v) is 5.27. The minimum Gasteiger partial charge on any atom is -0.465 e. The van der Waals surface area contributed by atoms with Crippen molar-refractivity contribution in [1.82, 2.24) is 4.90 Å². The highest BCUT2D eigenvalue weighted by atomic mass is 16.6. The van der Waals surface area contributed by atoms with Crippen LogP contribution in [0.15, 0.2) is 12.3 Å². The molecule has 0 aromatic carbocycles. The molecule has 2 heterocycles. The lowest BCUT2D eigenvalue weighted by Gasteiger charge is -2.11. The summed E-state index contributed by atoms with van der Waals surface area (Å²) < 4.78 is 4.10. The SMILES string of the molecule is O=C(O)N1C=CC2[OH+]C2C1. The van der Waals surface area contributed by atoms with Gasteiger partial charge in [0.15, 0.2) is 0 Å². The van der Waals surface area contributed by atoms with Crippen molar-refractivity contribution in [2.45, 2.75) is 12.2 Å². The molecule has 0 radical (unpaired) electrons. The molecule has 1 saturated heterocycles. The van der Waals surface area contributed by atoms with Crippen molar-refractivity contribution in [3.05, 3.63) is 12.3 Å². The highest BCUT2D eigenvalue weighted by Crippen LogP contribution is 2.24. The second-order valence-electron chi connectivity index (χ2n) is 2.48. The van der Waals surface area contributed by atoms with Gasteiger partial charge < -0.3 is 9.84 Å². The van der Waals surface area contributed by atoms with Crippen LogP contribution in [0.2, 0.25) is 0 Å². The Balaban J connectivity index is 2.07. The van der Waals surface area contributed by atoms with Crippen LogP contribution in [-0.2, 0) is 0 Å². The summed E-state index contributed by atoms with van der Waals surface area (Å²) in [7, 11) is 0. The minimum atomic E-state index is -0.892. The summed E-state index contributed by atoms with van der Waals surface area (Å²) in [5, 5.41) is 8.51. The normalized spacial score (nSPS) is 35.4. The smallest absolute Gasteiger partial charge is 0.411 e. The van der Waals surface area contributed by atoms with Gasteiger partial charge >= 0.3 is 6.09 Å². The number of carbonyl (C=O) groups is 1. The molecule has 0 aromatic rings. The van der Waals surface area contributed by atoms with E-state index in [1.165, 1.54) is 4.90 Å². The van der Waals surface area contributed by atoms with E-state index in [0.717, 1.165) is 0 Å². The third-order valence-corrected chi connectivity index (χ3v) is 1.76. The number of amides is 1. The van der Waals surface area contributed by atoms with Crippen LogP contribution in [0.3, 0.4) is 0 Å². The van der Waals surface area contributed by atoms with Crippen LogP contribution in [-0.4, -0.2) is 39.6 Å². The Morgan fingerprint density at radius 2 is 2.60 bits per heavy atom. The predicted octanol–water partition coefficient (Wildman–Crippen LogP) is -0.228. The zero-order valence-electron chi connectivity index (χ0n) is 5.27. The molecule has 2 atom stereocenters. The lowest BCUT2D eigenvalue weighted by molar-refractivity contribution is 0.144. The number of hydrogen-bond donors (Lipinski definition) is 1. The van der Waals surface area contributed by atoms with E-state index < -0.39 is 6.09 Å². The second kappa shape index (κ2) is 1.73. The maximum Gasteiger partial charge on any atom is 0.411 e. The summed E-state index contributed by atoms with van der Waals surface area (Å²) in [6.07, 6.45) is 3.08. The number of fused-ring (bicyclic) bond motifs is 1. The number of nitrogens with zero attached hydrogens (tertiary/aromatic N) is 1. The van der Waals surface area contributed by atoms with E-state index in [-0.39, 0.29) is 6.10 Å². The van der Waals surface area contributed by atoms with Crippen LogP contribution in [0.5, 0.6) is 0 Å². The summed E-state index contributed by atoms with van der Waals surface area (Å²) in [5.74, 6) is 0. The van der Waals surface area contributed by atoms with Crippen molar-refractivity contribution >= 4 is 6.09 Å². The zero-order chi connectivity index (χ0) is 7.14. The standard InChI is InChI=1S/C6H7NO3/c8-6(9)7-2-1-4-5(3-7)10-4/h1-2,4-5H,3H2,(H,8,9)/p+1. The van der Waals surface area contributed by atoms with Gasteiger partial charge in [-0.3, -0.25) is 4.90 Å². The van der Waals surface area contributed by atoms with Gasteiger partial charge in [-0.2, -0.15) is 0 Å². The molecule has 0 spiro atoms. The summed E-state index contributed by atoms with van der Waals surface area (Å²) in [4.78, 5) is 11.6. The van der Waals surface area contributed by atoms with E-state index in [0.29, 0.717) is 12.6 Å². The Morgan fingerprint density at radius 1 is 1.80 bits per heavy atom. The van der Waals surface area contributed by atoms with Gasteiger partial charge in [0.25, 0.3) is 6.10 Å². The summed E-state index contributed by atoms with van der Waals surface area (Å²) in [6.45, 7) is 0.538. The molecule has 2 aliphatic rings. The fraction of sp³-hybridized carbons (Fsp3) is 0.500. The van der Waals surface area contributed by atoms with Crippen molar-refractivity contribution < 1.29 is 14.6 Å². The highest BCUT2D eigenvalue weighted by Gasteiger charge is 2.49. The Labute approximate surface area is 57.7 Å². The maximum atomic E-state index is 10.4. The molecule has 2 aliphatic heterocycles. The summed E-state index contributed by atoms with van der Waals surface area (Å²) in [6, 6.07) is 0. The number of aliphatic hydroxyl groups is 2. The topological polar surface area (TPSA) is 53.3 Å². The Morgan fingerprint density at radius 3 is 3.20 bits per heavy atom. The van der Waals surface area contributed by atoms with Gasteiger partial charge in [0.05, 0.1) is 0 Å². The molecule has 4 heteroatoms. The Kier molecular flexibility index (Phi) is 0.990. The average Bonchev–Trinajstić information content (AvgIpc) is 2.63. The lowest BCUT2D eigenvalue weighted by atomic mass is 10.2. The van der Waals surface area contributed by atoms with Gasteiger partial charge in [-0.15, -0.1) is 0 Å². The summed E-state index contributed by atoms with van der Waals surface area (Å²) >= 11 is 0. The number of hydrogen-bond acceptors (Lipinski definition) is 1. The maximum absolute atomic E-state index is 10.4. The highest BCUT2D eigenvalue weighted by molar-refractivity contribution is 5.66. The molecule has 54 valence electrons. The molecule has 1 amide bonds. The molecule has 1 fully saturated rings. The molecule has 0 bridgehead atoms. The van der Waals surface area contributed by atoms with Gasteiger partial charge in [0.1, 0.15) is 6.54 Å². The largest absolute Gasteiger partial charge is 0.465 e. The first-order valence-electron chi connectivity index (χ1n) is 3.15. The third-order valence-electron chi connectivity index (χ3n) is 1.76. The molecular formula is C6H8NO3+. The molecular weight excluding hydrogens is 134 g/mol. The van der Waals surface area contributed by atoms with Crippen molar-refractivity contribution in [3.8, 4) is 0 Å². The quantitative estimate of drug-likeness (QED) is 0.375. The Bertz CT molecular complexity index is 201. The van der Waals surface area contributed by atoms with E-state index in [4.69, 9.17) is 5.11 Å². The first kappa shape index (κ1) is 5.73. The number of rotatable bonds is 0. The monoisotopic (exact) mass is 142 g/mol. The van der Waals surface area contributed by atoms with Gasteiger partial charge in [0.2, 0.25) is 6.10 Å². The number of epoxide rings is 1. The number of ether oxygens (including phenoxy) is 1.